The first kappa shape index (κ1) is 14.6. The molecule has 0 aliphatic heterocycles. The van der Waals surface area contributed by atoms with E-state index in [0.29, 0.717) is 0 Å². The second-order valence-electron chi connectivity index (χ2n) is 4.00. The maximum Gasteiger partial charge on any atom is 0.253 e. The van der Waals surface area contributed by atoms with E-state index in [1.807, 2.05) is 0 Å². The van der Waals surface area contributed by atoms with E-state index in [-0.39, 0.29) is 5.75 Å². The standard InChI is InChI=1S/C8H14ClIO3S/c1-5-14(12,13)8(9,10)6(11)7(2,3)4/h5H2,1-4H3/t8-/m0/s1. The van der Waals surface area contributed by atoms with E-state index >= 15 is 0 Å². The lowest BCUT2D eigenvalue weighted by molar-refractivity contribution is -0.124. The average Bonchev–Trinajstić information content (AvgIpc) is 2.01. The average molecular weight is 353 g/mol. The molecule has 0 amide bonds. The Morgan fingerprint density at radius 3 is 1.93 bits per heavy atom. The van der Waals surface area contributed by atoms with E-state index in [2.05, 4.69) is 0 Å². The zero-order chi connectivity index (χ0) is 11.8. The molecule has 0 saturated heterocycles. The highest BCUT2D eigenvalue weighted by atomic mass is 127. The number of hydrogen-bond donors (Lipinski definition) is 0. The molecule has 3 nitrogen and oxygen atoms in total. The number of carbonyl (C=O) groups excluding carboxylic acids is 1. The normalized spacial score (nSPS) is 17.6. The van der Waals surface area contributed by atoms with Crippen LogP contribution < -0.4 is 0 Å². The summed E-state index contributed by atoms with van der Waals surface area (Å²) < 4.78 is 21.3. The van der Waals surface area contributed by atoms with Crippen LogP contribution in [-0.2, 0) is 14.6 Å². The lowest BCUT2D eigenvalue weighted by atomic mass is 9.92. The molecule has 0 heterocycles. The van der Waals surface area contributed by atoms with Gasteiger partial charge in [0.25, 0.3) is 2.21 Å². The molecule has 0 radical (unpaired) electrons. The first-order chi connectivity index (χ1) is 5.97. The number of Topliss-reactive ketones (excluding diaryl/α,β-unsaturated/α-hetero) is 1. The van der Waals surface area contributed by atoms with Gasteiger partial charge in [0.1, 0.15) is 0 Å². The third kappa shape index (κ3) is 2.82. The Labute approximate surface area is 104 Å². The Kier molecular flexibility index (Phi) is 4.45. The van der Waals surface area contributed by atoms with Gasteiger partial charge in [-0.25, -0.2) is 8.42 Å². The van der Waals surface area contributed by atoms with E-state index in [4.69, 9.17) is 11.6 Å². The number of sulfone groups is 1. The summed E-state index contributed by atoms with van der Waals surface area (Å²) in [5.74, 6) is -0.615. The largest absolute Gasteiger partial charge is 0.295 e. The minimum absolute atomic E-state index is 0.138. The Hall–Kier alpha value is 0.640. The number of halogens is 2. The molecule has 0 aromatic rings. The monoisotopic (exact) mass is 352 g/mol. The zero-order valence-corrected chi connectivity index (χ0v) is 12.3. The summed E-state index contributed by atoms with van der Waals surface area (Å²) in [6.07, 6.45) is 0. The van der Waals surface area contributed by atoms with Crippen molar-refractivity contribution in [3.8, 4) is 0 Å². The van der Waals surface area contributed by atoms with Gasteiger partial charge in [0.2, 0.25) is 0 Å². The van der Waals surface area contributed by atoms with E-state index < -0.39 is 23.2 Å². The Morgan fingerprint density at radius 2 is 1.71 bits per heavy atom. The van der Waals surface area contributed by atoms with Crippen molar-refractivity contribution < 1.29 is 13.2 Å². The molecule has 84 valence electrons. The topological polar surface area (TPSA) is 51.2 Å². The molecule has 0 bridgehead atoms. The van der Waals surface area contributed by atoms with Crippen LogP contribution in [0.1, 0.15) is 27.7 Å². The fourth-order valence-electron chi connectivity index (χ4n) is 0.759. The van der Waals surface area contributed by atoms with Crippen molar-refractivity contribution in [3.05, 3.63) is 0 Å². The zero-order valence-electron chi connectivity index (χ0n) is 8.60. The molecule has 6 heteroatoms. The highest BCUT2D eigenvalue weighted by Crippen LogP contribution is 2.38. The molecule has 0 unspecified atom stereocenters. The predicted octanol–water partition coefficient (Wildman–Crippen LogP) is 2.36. The molecule has 0 fully saturated rings. The minimum Gasteiger partial charge on any atom is -0.295 e. The summed E-state index contributed by atoms with van der Waals surface area (Å²) in [5, 5.41) is 0. The van der Waals surface area contributed by atoms with Crippen LogP contribution in [0.3, 0.4) is 0 Å². The quantitative estimate of drug-likeness (QED) is 0.579. The molecule has 0 aromatic carbocycles. The van der Waals surface area contributed by atoms with E-state index in [1.54, 1.807) is 20.8 Å². The smallest absolute Gasteiger partial charge is 0.253 e. The first-order valence-corrected chi connectivity index (χ1v) is 7.22. The Balaban J connectivity index is 5.30. The molecule has 0 aliphatic rings. The maximum atomic E-state index is 11.8. The molecule has 0 spiro atoms. The SMILES string of the molecule is CCS(=O)(=O)[C@@](Cl)(I)C(=O)C(C)(C)C. The summed E-state index contributed by atoms with van der Waals surface area (Å²) in [4.78, 5) is 11.8. The second-order valence-corrected chi connectivity index (χ2v) is 10.2. The third-order valence-corrected chi connectivity index (χ3v) is 6.82. The van der Waals surface area contributed by atoms with Crippen LogP contribution in [0.15, 0.2) is 0 Å². The molecule has 0 rings (SSSR count). The Bertz CT molecular complexity index is 327. The summed E-state index contributed by atoms with van der Waals surface area (Å²) in [6.45, 7) is 6.42. The van der Waals surface area contributed by atoms with Gasteiger partial charge in [-0.05, 0) is 22.6 Å². The molecular weight excluding hydrogens is 339 g/mol. The molecule has 0 saturated carbocycles. The summed E-state index contributed by atoms with van der Waals surface area (Å²) in [6, 6.07) is 0. The maximum absolute atomic E-state index is 11.8. The lowest BCUT2D eigenvalue weighted by Gasteiger charge is -2.26. The van der Waals surface area contributed by atoms with Crippen LogP contribution in [0, 0.1) is 5.41 Å². The van der Waals surface area contributed by atoms with Crippen molar-refractivity contribution in [2.45, 2.75) is 29.9 Å². The highest BCUT2D eigenvalue weighted by Gasteiger charge is 2.49. The molecule has 0 N–H and O–H groups in total. The third-order valence-electron chi connectivity index (χ3n) is 1.72. The van der Waals surface area contributed by atoms with Crippen molar-refractivity contribution in [3.63, 3.8) is 0 Å². The summed E-state index contributed by atoms with van der Waals surface area (Å²) in [7, 11) is -3.58. The van der Waals surface area contributed by atoms with Crippen molar-refractivity contribution in [1.82, 2.24) is 0 Å². The van der Waals surface area contributed by atoms with E-state index in [9.17, 15) is 13.2 Å². The van der Waals surface area contributed by atoms with Crippen molar-refractivity contribution >= 4 is 49.8 Å². The van der Waals surface area contributed by atoms with Gasteiger partial charge in [0.15, 0.2) is 15.6 Å². The van der Waals surface area contributed by atoms with Gasteiger partial charge >= 0.3 is 0 Å². The van der Waals surface area contributed by atoms with E-state index in [1.165, 1.54) is 29.5 Å². The Morgan fingerprint density at radius 1 is 1.36 bits per heavy atom. The fraction of sp³-hybridized carbons (Fsp3) is 0.875. The van der Waals surface area contributed by atoms with Gasteiger partial charge in [-0.15, -0.1) is 0 Å². The van der Waals surface area contributed by atoms with Gasteiger partial charge in [0.05, 0.1) is 5.75 Å². The van der Waals surface area contributed by atoms with Crippen LogP contribution in [0.4, 0.5) is 0 Å². The van der Waals surface area contributed by atoms with Gasteiger partial charge in [-0.3, -0.25) is 4.79 Å². The molecule has 0 aromatic heterocycles. The van der Waals surface area contributed by atoms with Crippen molar-refractivity contribution in [1.29, 1.82) is 0 Å². The minimum atomic E-state index is -3.58. The summed E-state index contributed by atoms with van der Waals surface area (Å²) in [5.41, 5.74) is -0.759. The number of hydrogen-bond acceptors (Lipinski definition) is 3. The molecule has 1 atom stereocenters. The van der Waals surface area contributed by atoms with Crippen LogP contribution in [0.2, 0.25) is 0 Å². The van der Waals surface area contributed by atoms with Crippen LogP contribution in [0.25, 0.3) is 0 Å². The molecule has 0 aliphatic carbocycles. The van der Waals surface area contributed by atoms with Crippen molar-refractivity contribution in [2.24, 2.45) is 5.41 Å². The van der Waals surface area contributed by atoms with Gasteiger partial charge in [0, 0.05) is 5.41 Å². The number of rotatable bonds is 3. The molecule has 14 heavy (non-hydrogen) atoms. The van der Waals surface area contributed by atoms with Crippen LogP contribution in [0.5, 0.6) is 0 Å². The van der Waals surface area contributed by atoms with Crippen molar-refractivity contribution in [2.75, 3.05) is 5.75 Å². The van der Waals surface area contributed by atoms with Crippen LogP contribution in [-0.4, -0.2) is 22.2 Å². The van der Waals surface area contributed by atoms with E-state index in [0.717, 1.165) is 0 Å². The first-order valence-electron chi connectivity index (χ1n) is 4.12. The fourth-order valence-corrected chi connectivity index (χ4v) is 4.06. The van der Waals surface area contributed by atoms with Gasteiger partial charge < -0.3 is 0 Å². The second kappa shape index (κ2) is 4.25. The predicted molar refractivity (Wildman–Crippen MR) is 66.5 cm³/mol. The number of alkyl halides is 2. The number of ketones is 1. The summed E-state index contributed by atoms with van der Waals surface area (Å²) >= 11 is 7.31. The number of carbonyl (C=O) groups is 1. The van der Waals surface area contributed by atoms with Gasteiger partial charge in [-0.1, -0.05) is 39.3 Å². The lowest BCUT2D eigenvalue weighted by Crippen LogP contribution is -2.42. The molecular formula is C8H14ClIO3S. The van der Waals surface area contributed by atoms with Crippen LogP contribution >= 0.6 is 34.2 Å². The highest BCUT2D eigenvalue weighted by molar-refractivity contribution is 14.1. The van der Waals surface area contributed by atoms with Gasteiger partial charge in [-0.2, -0.15) is 0 Å².